The average molecular weight is 373 g/mol. The lowest BCUT2D eigenvalue weighted by molar-refractivity contribution is -0.137. The summed E-state index contributed by atoms with van der Waals surface area (Å²) in [5.41, 5.74) is 2.23. The van der Waals surface area contributed by atoms with Crippen LogP contribution in [0.3, 0.4) is 0 Å². The molecule has 3 aromatic rings. The summed E-state index contributed by atoms with van der Waals surface area (Å²) < 4.78 is 14.7. The Labute approximate surface area is 152 Å². The Morgan fingerprint density at radius 1 is 1.35 bits per heavy atom. The molecule has 2 heterocycles. The number of hydrogen-bond donors (Lipinski definition) is 2. The highest BCUT2D eigenvalue weighted by Gasteiger charge is 2.21. The number of hydrogen-bond acceptors (Lipinski definition) is 4. The second kappa shape index (κ2) is 7.49. The maximum absolute atomic E-state index is 13.2. The van der Waals surface area contributed by atoms with Gasteiger partial charge in [-0.1, -0.05) is 0 Å². The molecule has 2 N–H and O–H groups in total. The van der Waals surface area contributed by atoms with Gasteiger partial charge in [-0.05, 0) is 59.1 Å². The summed E-state index contributed by atoms with van der Waals surface area (Å²) in [7, 11) is 0. The van der Waals surface area contributed by atoms with Crippen molar-refractivity contribution >= 4 is 23.2 Å². The number of nitrogens with one attached hydrogen (secondary N) is 1. The van der Waals surface area contributed by atoms with Crippen LogP contribution >= 0.6 is 11.3 Å². The molecule has 2 aromatic heterocycles. The van der Waals surface area contributed by atoms with Crippen LogP contribution in [-0.4, -0.2) is 26.8 Å². The van der Waals surface area contributed by atoms with Gasteiger partial charge in [0.15, 0.2) is 5.69 Å². The maximum Gasteiger partial charge on any atom is 0.305 e. The lowest BCUT2D eigenvalue weighted by atomic mass is 10.1. The average Bonchev–Trinajstić information content (AvgIpc) is 3.26. The van der Waals surface area contributed by atoms with Crippen molar-refractivity contribution in [3.8, 4) is 5.69 Å². The molecule has 0 aliphatic heterocycles. The van der Waals surface area contributed by atoms with Crippen molar-refractivity contribution in [1.29, 1.82) is 0 Å². The number of benzene rings is 1. The quantitative estimate of drug-likeness (QED) is 0.694. The first kappa shape index (κ1) is 17.8. The summed E-state index contributed by atoms with van der Waals surface area (Å²) >= 11 is 1.43. The number of aromatic nitrogens is 2. The minimum Gasteiger partial charge on any atom is -0.481 e. The lowest BCUT2D eigenvalue weighted by Crippen LogP contribution is -2.30. The van der Waals surface area contributed by atoms with E-state index < -0.39 is 17.9 Å². The van der Waals surface area contributed by atoms with E-state index in [2.05, 4.69) is 10.4 Å². The molecule has 6 nitrogen and oxygen atoms in total. The van der Waals surface area contributed by atoms with Gasteiger partial charge in [-0.25, -0.2) is 9.07 Å². The third kappa shape index (κ3) is 3.97. The standard InChI is InChI=1S/C18H16FN3O3S/c1-11-8-13(19)2-3-16(11)22-6-4-14(21-22)18(25)20-15(9-17(23)24)12-5-7-26-10-12/h2-8,10,15H,9H2,1H3,(H,20,25)(H,23,24). The molecule has 0 aliphatic carbocycles. The molecule has 1 unspecified atom stereocenters. The van der Waals surface area contributed by atoms with Crippen LogP contribution in [0.15, 0.2) is 47.3 Å². The number of thiophene rings is 1. The van der Waals surface area contributed by atoms with E-state index in [9.17, 15) is 14.0 Å². The van der Waals surface area contributed by atoms with Gasteiger partial charge in [0.1, 0.15) is 5.82 Å². The van der Waals surface area contributed by atoms with Crippen LogP contribution in [0.1, 0.15) is 34.1 Å². The van der Waals surface area contributed by atoms with Gasteiger partial charge in [0.2, 0.25) is 0 Å². The fourth-order valence-electron chi connectivity index (χ4n) is 2.59. The third-order valence-electron chi connectivity index (χ3n) is 3.86. The Kier molecular flexibility index (Phi) is 5.13. The smallest absolute Gasteiger partial charge is 0.305 e. The lowest BCUT2D eigenvalue weighted by Gasteiger charge is -2.15. The van der Waals surface area contributed by atoms with Crippen LogP contribution in [0, 0.1) is 12.7 Å². The normalized spacial score (nSPS) is 11.9. The molecule has 3 rings (SSSR count). The summed E-state index contributed by atoms with van der Waals surface area (Å²) in [6, 6.07) is 6.96. The van der Waals surface area contributed by atoms with Gasteiger partial charge in [-0.3, -0.25) is 9.59 Å². The second-order valence-corrected chi connectivity index (χ2v) is 6.54. The van der Waals surface area contributed by atoms with Gasteiger partial charge >= 0.3 is 5.97 Å². The predicted octanol–water partition coefficient (Wildman–Crippen LogP) is 3.33. The maximum atomic E-state index is 13.2. The number of carboxylic acid groups (broad SMARTS) is 1. The number of halogens is 1. The summed E-state index contributed by atoms with van der Waals surface area (Å²) in [5, 5.41) is 19.6. The van der Waals surface area contributed by atoms with Gasteiger partial charge in [-0.2, -0.15) is 16.4 Å². The Balaban J connectivity index is 1.79. The van der Waals surface area contributed by atoms with E-state index in [1.54, 1.807) is 30.6 Å². The van der Waals surface area contributed by atoms with Gasteiger partial charge in [-0.15, -0.1) is 0 Å². The zero-order chi connectivity index (χ0) is 18.7. The van der Waals surface area contributed by atoms with Crippen molar-refractivity contribution in [2.24, 2.45) is 0 Å². The molecule has 26 heavy (non-hydrogen) atoms. The molecular weight excluding hydrogens is 357 g/mol. The second-order valence-electron chi connectivity index (χ2n) is 5.76. The highest BCUT2D eigenvalue weighted by molar-refractivity contribution is 7.08. The highest BCUT2D eigenvalue weighted by atomic mass is 32.1. The van der Waals surface area contributed by atoms with Gasteiger partial charge < -0.3 is 10.4 Å². The first-order chi connectivity index (χ1) is 12.4. The summed E-state index contributed by atoms with van der Waals surface area (Å²) in [5.74, 6) is -1.82. The van der Waals surface area contributed by atoms with Crippen LogP contribution in [0.2, 0.25) is 0 Å². The Morgan fingerprint density at radius 3 is 2.81 bits per heavy atom. The highest BCUT2D eigenvalue weighted by Crippen LogP contribution is 2.21. The van der Waals surface area contributed by atoms with Crippen LogP contribution in [0.4, 0.5) is 4.39 Å². The number of carboxylic acids is 1. The van der Waals surface area contributed by atoms with E-state index in [0.29, 0.717) is 11.3 Å². The topological polar surface area (TPSA) is 84.2 Å². The fourth-order valence-corrected chi connectivity index (χ4v) is 3.30. The minimum absolute atomic E-state index is 0.152. The first-order valence-corrected chi connectivity index (χ1v) is 8.75. The molecule has 0 spiro atoms. The number of amides is 1. The number of carbonyl (C=O) groups excluding carboxylic acids is 1. The Bertz CT molecular complexity index is 937. The largest absolute Gasteiger partial charge is 0.481 e. The molecule has 134 valence electrons. The molecule has 0 bridgehead atoms. The SMILES string of the molecule is Cc1cc(F)ccc1-n1ccc(C(=O)NC(CC(=O)O)c2ccsc2)n1. The first-order valence-electron chi connectivity index (χ1n) is 7.81. The van der Waals surface area contributed by atoms with E-state index in [0.717, 1.165) is 5.56 Å². The molecule has 0 aliphatic rings. The molecule has 1 aromatic carbocycles. The molecule has 0 fully saturated rings. The molecule has 0 radical (unpaired) electrons. The van der Waals surface area contributed by atoms with Crippen LogP contribution < -0.4 is 5.32 Å². The van der Waals surface area contributed by atoms with Crippen LogP contribution in [-0.2, 0) is 4.79 Å². The number of carbonyl (C=O) groups is 2. The van der Waals surface area contributed by atoms with Crippen molar-refractivity contribution < 1.29 is 19.1 Å². The summed E-state index contributed by atoms with van der Waals surface area (Å²) in [6.07, 6.45) is 1.38. The Hall–Kier alpha value is -3.00. The van der Waals surface area contributed by atoms with Gasteiger partial charge in [0, 0.05) is 6.20 Å². The monoisotopic (exact) mass is 373 g/mol. The van der Waals surface area contributed by atoms with Gasteiger partial charge in [0.25, 0.3) is 5.91 Å². The van der Waals surface area contributed by atoms with Crippen molar-refractivity contribution in [3.63, 3.8) is 0 Å². The summed E-state index contributed by atoms with van der Waals surface area (Å²) in [6.45, 7) is 1.75. The van der Waals surface area contributed by atoms with Crippen molar-refractivity contribution in [2.75, 3.05) is 0 Å². The van der Waals surface area contributed by atoms with E-state index >= 15 is 0 Å². The van der Waals surface area contributed by atoms with Crippen molar-refractivity contribution in [2.45, 2.75) is 19.4 Å². The van der Waals surface area contributed by atoms with Crippen LogP contribution in [0.5, 0.6) is 0 Å². The molecule has 1 atom stereocenters. The molecular formula is C18H16FN3O3S. The van der Waals surface area contributed by atoms with E-state index in [4.69, 9.17) is 5.11 Å². The third-order valence-corrected chi connectivity index (χ3v) is 4.56. The molecule has 8 heteroatoms. The molecule has 0 saturated heterocycles. The number of aryl methyl sites for hydroxylation is 1. The van der Waals surface area contributed by atoms with E-state index in [1.807, 2.05) is 5.38 Å². The minimum atomic E-state index is -1.01. The zero-order valence-corrected chi connectivity index (χ0v) is 14.7. The Morgan fingerprint density at radius 2 is 2.15 bits per heavy atom. The van der Waals surface area contributed by atoms with Gasteiger partial charge in [0.05, 0.1) is 18.2 Å². The number of aliphatic carboxylic acids is 1. The summed E-state index contributed by atoms with van der Waals surface area (Å²) in [4.78, 5) is 23.6. The van der Waals surface area contributed by atoms with Crippen molar-refractivity contribution in [3.05, 3.63) is 69.9 Å². The fraction of sp³-hybridized carbons (Fsp3) is 0.167. The number of rotatable bonds is 6. The van der Waals surface area contributed by atoms with E-state index in [-0.39, 0.29) is 17.9 Å². The number of nitrogens with zero attached hydrogens (tertiary/aromatic N) is 2. The molecule has 1 amide bonds. The van der Waals surface area contributed by atoms with E-state index in [1.165, 1.54) is 34.2 Å². The predicted molar refractivity (Wildman–Crippen MR) is 95.0 cm³/mol. The van der Waals surface area contributed by atoms with Crippen LogP contribution in [0.25, 0.3) is 5.69 Å². The van der Waals surface area contributed by atoms with Crippen molar-refractivity contribution in [1.82, 2.24) is 15.1 Å². The molecule has 0 saturated carbocycles. The zero-order valence-electron chi connectivity index (χ0n) is 13.8.